The van der Waals surface area contributed by atoms with Gasteiger partial charge < -0.3 is 14.7 Å². The van der Waals surface area contributed by atoms with Gasteiger partial charge in [0.1, 0.15) is 11.4 Å². The van der Waals surface area contributed by atoms with Crippen LogP contribution in [0.5, 0.6) is 0 Å². The van der Waals surface area contributed by atoms with Crippen LogP contribution >= 0.6 is 8.03 Å². The summed E-state index contributed by atoms with van der Waals surface area (Å²) in [6.07, 6.45) is 4.93. The van der Waals surface area contributed by atoms with Crippen molar-refractivity contribution in [3.63, 3.8) is 0 Å². The van der Waals surface area contributed by atoms with Crippen LogP contribution < -0.4 is 0 Å². The number of carboxylic acids is 1. The molecule has 188 valence electrons. The first-order chi connectivity index (χ1) is 16.6. The highest BCUT2D eigenvalue weighted by molar-refractivity contribution is 7.43. The molecule has 0 saturated heterocycles. The number of halogens is 1. The van der Waals surface area contributed by atoms with E-state index in [0.717, 1.165) is 44.9 Å². The standard InChI is InChI=1S/C27H33FNO5P/c1-19(2)16-17-27(25(30)31,35(33)34-3)26(32,18-20-12-14-22(28)15-13-20)24-11-7-10-23(29-24)21-8-5-4-6-9-21/h7,10-15,19,21,32,35H,4-6,8-9,18H2,1-3H3,(H,30,31). The molecule has 3 unspecified atom stereocenters. The van der Waals surface area contributed by atoms with Crippen molar-refractivity contribution in [3.05, 3.63) is 65.2 Å². The summed E-state index contributed by atoms with van der Waals surface area (Å²) < 4.78 is 32.1. The summed E-state index contributed by atoms with van der Waals surface area (Å²) in [4.78, 5) is 17.6. The summed E-state index contributed by atoms with van der Waals surface area (Å²) in [5.74, 6) is 3.35. The molecule has 2 aromatic rings. The average molecular weight is 502 g/mol. The van der Waals surface area contributed by atoms with E-state index in [0.29, 0.717) is 5.56 Å². The summed E-state index contributed by atoms with van der Waals surface area (Å²) >= 11 is 0. The molecule has 1 aromatic carbocycles. The number of benzene rings is 1. The topological polar surface area (TPSA) is 96.7 Å². The first-order valence-electron chi connectivity index (χ1n) is 11.9. The Bertz CT molecular complexity index is 1120. The maximum absolute atomic E-state index is 13.6. The second-order valence-corrected chi connectivity index (χ2v) is 11.2. The summed E-state index contributed by atoms with van der Waals surface area (Å²) in [5.41, 5.74) is -1.06. The Labute approximate surface area is 206 Å². The van der Waals surface area contributed by atoms with Crippen LogP contribution in [0.2, 0.25) is 0 Å². The van der Waals surface area contributed by atoms with Gasteiger partial charge in [-0.15, -0.1) is 0 Å². The predicted octanol–water partition coefficient (Wildman–Crippen LogP) is 5.30. The molecule has 6 nitrogen and oxygen atoms in total. The van der Waals surface area contributed by atoms with Crippen LogP contribution in [-0.2, 0) is 25.9 Å². The fourth-order valence-electron chi connectivity index (χ4n) is 4.67. The second-order valence-electron chi connectivity index (χ2n) is 9.42. The van der Waals surface area contributed by atoms with E-state index in [2.05, 4.69) is 11.8 Å². The van der Waals surface area contributed by atoms with Crippen molar-refractivity contribution in [2.24, 2.45) is 5.92 Å². The monoisotopic (exact) mass is 501 g/mol. The maximum Gasteiger partial charge on any atom is 0.335 e. The van der Waals surface area contributed by atoms with Crippen LogP contribution in [0.25, 0.3) is 0 Å². The van der Waals surface area contributed by atoms with Crippen LogP contribution in [0.3, 0.4) is 0 Å². The Morgan fingerprint density at radius 3 is 2.43 bits per heavy atom. The van der Waals surface area contributed by atoms with Gasteiger partial charge in [0, 0.05) is 31.1 Å². The Hall–Kier alpha value is -2.52. The molecule has 0 spiro atoms. The molecule has 1 saturated carbocycles. The lowest BCUT2D eigenvalue weighted by atomic mass is 9.77. The lowest BCUT2D eigenvalue weighted by molar-refractivity contribution is -0.146. The molecule has 0 radical (unpaired) electrons. The van der Waals surface area contributed by atoms with Crippen molar-refractivity contribution in [3.8, 4) is 11.8 Å². The predicted molar refractivity (Wildman–Crippen MR) is 133 cm³/mol. The third-order valence-electron chi connectivity index (χ3n) is 6.57. The van der Waals surface area contributed by atoms with Gasteiger partial charge in [-0.25, -0.2) is 9.18 Å². The van der Waals surface area contributed by atoms with Gasteiger partial charge in [0.2, 0.25) is 13.2 Å². The molecule has 0 aliphatic heterocycles. The van der Waals surface area contributed by atoms with E-state index in [-0.39, 0.29) is 24.0 Å². The molecule has 3 atom stereocenters. The molecule has 8 heteroatoms. The zero-order valence-corrected chi connectivity index (χ0v) is 21.4. The van der Waals surface area contributed by atoms with E-state index in [1.807, 2.05) is 6.07 Å². The van der Waals surface area contributed by atoms with Gasteiger partial charge >= 0.3 is 5.97 Å². The lowest BCUT2D eigenvalue weighted by Gasteiger charge is -2.40. The van der Waals surface area contributed by atoms with E-state index in [4.69, 9.17) is 9.51 Å². The number of hydrogen-bond donors (Lipinski definition) is 2. The van der Waals surface area contributed by atoms with Gasteiger partial charge in [-0.2, -0.15) is 0 Å². The van der Waals surface area contributed by atoms with Crippen molar-refractivity contribution >= 4 is 14.0 Å². The summed E-state index contributed by atoms with van der Waals surface area (Å²) in [6.45, 7) is 3.54. The van der Waals surface area contributed by atoms with Crippen molar-refractivity contribution in [1.82, 2.24) is 4.98 Å². The Kier molecular flexibility index (Phi) is 8.88. The van der Waals surface area contributed by atoms with Gasteiger partial charge in [0.25, 0.3) is 0 Å². The number of rotatable bonds is 8. The van der Waals surface area contributed by atoms with Gasteiger partial charge in [0.05, 0.1) is 5.69 Å². The minimum atomic E-state index is -3.48. The minimum absolute atomic E-state index is 0.0563. The largest absolute Gasteiger partial charge is 0.480 e. The van der Waals surface area contributed by atoms with Crippen LogP contribution in [0.1, 0.15) is 68.8 Å². The van der Waals surface area contributed by atoms with Crippen molar-refractivity contribution in [1.29, 1.82) is 0 Å². The average Bonchev–Trinajstić information content (AvgIpc) is 2.85. The van der Waals surface area contributed by atoms with Gasteiger partial charge in [-0.3, -0.25) is 9.55 Å². The number of nitrogens with zero attached hydrogens (tertiary/aromatic N) is 1. The van der Waals surface area contributed by atoms with Crippen molar-refractivity contribution < 1.29 is 28.5 Å². The highest BCUT2D eigenvalue weighted by atomic mass is 31.1. The number of carboxylic acid groups (broad SMARTS) is 1. The molecule has 3 rings (SSSR count). The van der Waals surface area contributed by atoms with Gasteiger partial charge in [0.15, 0.2) is 0 Å². The van der Waals surface area contributed by atoms with E-state index < -0.39 is 30.6 Å². The highest BCUT2D eigenvalue weighted by Gasteiger charge is 2.62. The molecular formula is C27H33FNO5P. The molecule has 0 bridgehead atoms. The smallest absolute Gasteiger partial charge is 0.335 e. The number of aliphatic carboxylic acids is 1. The van der Waals surface area contributed by atoms with Crippen LogP contribution in [-0.4, -0.2) is 33.4 Å². The number of hydrogen-bond acceptors (Lipinski definition) is 5. The summed E-state index contributed by atoms with van der Waals surface area (Å²) in [7, 11) is -2.34. The number of aliphatic hydroxyl groups is 1. The number of carbonyl (C=O) groups is 1. The molecule has 0 amide bonds. The highest BCUT2D eigenvalue weighted by Crippen LogP contribution is 2.53. The Morgan fingerprint density at radius 2 is 1.86 bits per heavy atom. The number of aromatic nitrogens is 1. The first-order valence-corrected chi connectivity index (χ1v) is 13.2. The van der Waals surface area contributed by atoms with E-state index in [1.165, 1.54) is 30.3 Å². The fourth-order valence-corrected chi connectivity index (χ4v) is 5.88. The quantitative estimate of drug-likeness (QED) is 0.376. The maximum atomic E-state index is 13.6. The molecule has 35 heavy (non-hydrogen) atoms. The van der Waals surface area contributed by atoms with Crippen LogP contribution in [0, 0.1) is 23.6 Å². The Balaban J connectivity index is 2.28. The lowest BCUT2D eigenvalue weighted by Crippen LogP contribution is -2.56. The molecule has 1 heterocycles. The van der Waals surface area contributed by atoms with E-state index in [1.54, 1.807) is 19.9 Å². The molecule has 1 aromatic heterocycles. The molecule has 2 N–H and O–H groups in total. The third-order valence-corrected chi connectivity index (χ3v) is 8.31. The second kappa shape index (κ2) is 11.5. The normalized spacial score (nSPS) is 18.7. The van der Waals surface area contributed by atoms with Gasteiger partial charge in [-0.1, -0.05) is 63.1 Å². The SMILES string of the molecule is CO[PH](=O)C(C#CC(C)C)(C(=O)O)C(O)(Cc1ccc(F)cc1)c1cccc(C2CCCCC2)n1. The zero-order valence-electron chi connectivity index (χ0n) is 20.4. The number of pyridine rings is 1. The first kappa shape index (κ1) is 27.1. The minimum Gasteiger partial charge on any atom is -0.480 e. The van der Waals surface area contributed by atoms with Crippen molar-refractivity contribution in [2.75, 3.05) is 7.11 Å². The summed E-state index contributed by atoms with van der Waals surface area (Å²) in [5, 5.41) is 20.3. The molecule has 1 aliphatic rings. The van der Waals surface area contributed by atoms with Crippen LogP contribution in [0.15, 0.2) is 42.5 Å². The zero-order chi connectivity index (χ0) is 25.6. The van der Waals surface area contributed by atoms with Crippen molar-refractivity contribution in [2.45, 2.75) is 69.0 Å². The molecule has 1 fully saturated rings. The molecular weight excluding hydrogens is 468 g/mol. The van der Waals surface area contributed by atoms with Gasteiger partial charge in [-0.05, 0) is 42.7 Å². The molecule has 1 aliphatic carbocycles. The summed E-state index contributed by atoms with van der Waals surface area (Å²) in [6, 6.07) is 10.5. The fraction of sp³-hybridized carbons (Fsp3) is 0.481. The Morgan fingerprint density at radius 1 is 1.20 bits per heavy atom. The van der Waals surface area contributed by atoms with E-state index in [9.17, 15) is 24.0 Å². The third kappa shape index (κ3) is 5.67. The van der Waals surface area contributed by atoms with Crippen LogP contribution in [0.4, 0.5) is 4.39 Å². The van der Waals surface area contributed by atoms with E-state index >= 15 is 0 Å².